The molecule has 0 amide bonds. The predicted octanol–water partition coefficient (Wildman–Crippen LogP) is 2.99. The number of likely N-dealkylation sites (tertiary alicyclic amines) is 1. The van der Waals surface area contributed by atoms with Crippen molar-refractivity contribution in [2.24, 2.45) is 16.8 Å². The number of hydrogen-bond acceptors (Lipinski definition) is 2. The standard InChI is InChI=1S/C20H32N4/c1-16-9-11-24(12-10-16)15-19-6-4-3-5-18(19)14-23-20(21-2)22-13-17-7-8-17/h3-6,16-17H,7-15H2,1-2H3,(H2,21,22,23). The van der Waals surface area contributed by atoms with Gasteiger partial charge in [0.25, 0.3) is 0 Å². The molecule has 0 unspecified atom stereocenters. The van der Waals surface area contributed by atoms with Gasteiger partial charge >= 0.3 is 0 Å². The number of hydrogen-bond donors (Lipinski definition) is 2. The summed E-state index contributed by atoms with van der Waals surface area (Å²) >= 11 is 0. The van der Waals surface area contributed by atoms with Crippen LogP contribution in [0.5, 0.6) is 0 Å². The largest absolute Gasteiger partial charge is 0.356 e. The Hall–Kier alpha value is -1.55. The van der Waals surface area contributed by atoms with E-state index in [-0.39, 0.29) is 0 Å². The monoisotopic (exact) mass is 328 g/mol. The predicted molar refractivity (Wildman–Crippen MR) is 101 cm³/mol. The van der Waals surface area contributed by atoms with Crippen LogP contribution in [0.1, 0.15) is 43.7 Å². The van der Waals surface area contributed by atoms with E-state index in [4.69, 9.17) is 0 Å². The van der Waals surface area contributed by atoms with E-state index in [1.807, 2.05) is 7.05 Å². The highest BCUT2D eigenvalue weighted by Crippen LogP contribution is 2.27. The third-order valence-electron chi connectivity index (χ3n) is 5.31. The van der Waals surface area contributed by atoms with Crippen LogP contribution in [0.2, 0.25) is 0 Å². The van der Waals surface area contributed by atoms with Crippen LogP contribution >= 0.6 is 0 Å². The molecule has 2 aliphatic rings. The highest BCUT2D eigenvalue weighted by molar-refractivity contribution is 5.79. The number of nitrogens with one attached hydrogen (secondary N) is 2. The molecule has 132 valence electrons. The van der Waals surface area contributed by atoms with Gasteiger partial charge < -0.3 is 10.6 Å². The fourth-order valence-corrected chi connectivity index (χ4v) is 3.31. The fraction of sp³-hybridized carbons (Fsp3) is 0.650. The van der Waals surface area contributed by atoms with E-state index in [1.165, 1.54) is 49.9 Å². The second-order valence-corrected chi connectivity index (χ2v) is 7.48. The number of benzene rings is 1. The summed E-state index contributed by atoms with van der Waals surface area (Å²) in [6.45, 7) is 7.78. The molecule has 1 aliphatic heterocycles. The Morgan fingerprint density at radius 1 is 1.08 bits per heavy atom. The highest BCUT2D eigenvalue weighted by atomic mass is 15.2. The van der Waals surface area contributed by atoms with Crippen molar-refractivity contribution in [1.29, 1.82) is 0 Å². The topological polar surface area (TPSA) is 39.7 Å². The Morgan fingerprint density at radius 3 is 2.46 bits per heavy atom. The van der Waals surface area contributed by atoms with Crippen LogP contribution in [-0.2, 0) is 13.1 Å². The SMILES string of the molecule is CN=C(NCc1ccccc1CN1CCC(C)CC1)NCC1CC1. The van der Waals surface area contributed by atoms with Gasteiger partial charge in [0.2, 0.25) is 0 Å². The molecule has 1 saturated carbocycles. The number of guanidine groups is 1. The maximum Gasteiger partial charge on any atom is 0.191 e. The van der Waals surface area contributed by atoms with Crippen LogP contribution in [0.4, 0.5) is 0 Å². The second-order valence-electron chi connectivity index (χ2n) is 7.48. The molecule has 3 rings (SSSR count). The quantitative estimate of drug-likeness (QED) is 0.623. The van der Waals surface area contributed by atoms with E-state index >= 15 is 0 Å². The molecule has 1 aromatic rings. The highest BCUT2D eigenvalue weighted by Gasteiger charge is 2.21. The molecule has 0 aromatic heterocycles. The summed E-state index contributed by atoms with van der Waals surface area (Å²) in [6.07, 6.45) is 5.39. The first-order valence-corrected chi connectivity index (χ1v) is 9.48. The van der Waals surface area contributed by atoms with Gasteiger partial charge in [-0.1, -0.05) is 31.2 Å². The second kappa shape index (κ2) is 8.52. The first kappa shape index (κ1) is 17.3. The van der Waals surface area contributed by atoms with Crippen molar-refractivity contribution in [2.45, 2.75) is 45.7 Å². The van der Waals surface area contributed by atoms with Gasteiger partial charge in [-0.25, -0.2) is 0 Å². The van der Waals surface area contributed by atoms with E-state index in [0.717, 1.165) is 37.4 Å². The molecule has 0 atom stereocenters. The zero-order valence-corrected chi connectivity index (χ0v) is 15.2. The lowest BCUT2D eigenvalue weighted by atomic mass is 9.98. The van der Waals surface area contributed by atoms with Gasteiger partial charge in [-0.2, -0.15) is 0 Å². The lowest BCUT2D eigenvalue weighted by molar-refractivity contribution is 0.185. The molecule has 1 heterocycles. The Labute approximate surface area is 146 Å². The Morgan fingerprint density at radius 2 is 1.79 bits per heavy atom. The lowest BCUT2D eigenvalue weighted by Gasteiger charge is -2.30. The molecular weight excluding hydrogens is 296 g/mol. The Balaban J connectivity index is 1.53. The average Bonchev–Trinajstić information content (AvgIpc) is 3.43. The van der Waals surface area contributed by atoms with Gasteiger partial charge in [0.1, 0.15) is 0 Å². The smallest absolute Gasteiger partial charge is 0.191 e. The van der Waals surface area contributed by atoms with Crippen molar-refractivity contribution in [2.75, 3.05) is 26.7 Å². The van der Waals surface area contributed by atoms with Crippen molar-refractivity contribution in [3.63, 3.8) is 0 Å². The first-order valence-electron chi connectivity index (χ1n) is 9.48. The van der Waals surface area contributed by atoms with Crippen LogP contribution in [0.15, 0.2) is 29.3 Å². The van der Waals surface area contributed by atoms with Crippen LogP contribution in [0.25, 0.3) is 0 Å². The van der Waals surface area contributed by atoms with Gasteiger partial charge in [0.05, 0.1) is 0 Å². The maximum absolute atomic E-state index is 4.34. The number of aliphatic imine (C=N–C) groups is 1. The van der Waals surface area contributed by atoms with Crippen molar-refractivity contribution in [3.8, 4) is 0 Å². The lowest BCUT2D eigenvalue weighted by Crippen LogP contribution is -2.38. The van der Waals surface area contributed by atoms with Crippen LogP contribution < -0.4 is 10.6 Å². The number of piperidine rings is 1. The summed E-state index contributed by atoms with van der Waals surface area (Å²) in [5.74, 6) is 2.67. The minimum absolute atomic E-state index is 0.838. The summed E-state index contributed by atoms with van der Waals surface area (Å²) in [5.41, 5.74) is 2.82. The van der Waals surface area contributed by atoms with Gasteiger partial charge in [-0.05, 0) is 61.7 Å². The van der Waals surface area contributed by atoms with Gasteiger partial charge in [0.15, 0.2) is 5.96 Å². The zero-order valence-electron chi connectivity index (χ0n) is 15.2. The summed E-state index contributed by atoms with van der Waals surface area (Å²) in [5, 5.41) is 6.91. The first-order chi connectivity index (χ1) is 11.7. The molecule has 4 heteroatoms. The summed E-state index contributed by atoms with van der Waals surface area (Å²) in [6, 6.07) is 8.81. The van der Waals surface area contributed by atoms with Gasteiger partial charge in [-0.3, -0.25) is 9.89 Å². The number of rotatable bonds is 6. The summed E-state index contributed by atoms with van der Waals surface area (Å²) < 4.78 is 0. The van der Waals surface area contributed by atoms with E-state index < -0.39 is 0 Å². The van der Waals surface area contributed by atoms with E-state index in [1.54, 1.807) is 0 Å². The van der Waals surface area contributed by atoms with E-state index in [0.29, 0.717) is 0 Å². The Bertz CT molecular complexity index is 542. The Kier molecular flexibility index (Phi) is 6.13. The van der Waals surface area contributed by atoms with E-state index in [2.05, 4.69) is 51.7 Å². The van der Waals surface area contributed by atoms with Crippen molar-refractivity contribution >= 4 is 5.96 Å². The normalized spacial score (nSPS) is 20.2. The van der Waals surface area contributed by atoms with Crippen LogP contribution in [0.3, 0.4) is 0 Å². The average molecular weight is 329 g/mol. The molecule has 4 nitrogen and oxygen atoms in total. The van der Waals surface area contributed by atoms with Crippen molar-refractivity contribution < 1.29 is 0 Å². The van der Waals surface area contributed by atoms with Crippen LogP contribution in [0, 0.1) is 11.8 Å². The van der Waals surface area contributed by atoms with Crippen molar-refractivity contribution in [3.05, 3.63) is 35.4 Å². The molecule has 1 saturated heterocycles. The zero-order chi connectivity index (χ0) is 16.8. The molecule has 24 heavy (non-hydrogen) atoms. The molecule has 2 fully saturated rings. The summed E-state index contributed by atoms with van der Waals surface area (Å²) in [4.78, 5) is 6.94. The van der Waals surface area contributed by atoms with Gasteiger partial charge in [0, 0.05) is 26.7 Å². The molecule has 0 spiro atoms. The molecule has 0 bridgehead atoms. The third-order valence-corrected chi connectivity index (χ3v) is 5.31. The third kappa shape index (κ3) is 5.23. The molecule has 0 radical (unpaired) electrons. The van der Waals surface area contributed by atoms with E-state index in [9.17, 15) is 0 Å². The number of nitrogens with zero attached hydrogens (tertiary/aromatic N) is 2. The van der Waals surface area contributed by atoms with Gasteiger partial charge in [-0.15, -0.1) is 0 Å². The molecule has 1 aromatic carbocycles. The molecule has 2 N–H and O–H groups in total. The van der Waals surface area contributed by atoms with Crippen LogP contribution in [-0.4, -0.2) is 37.5 Å². The van der Waals surface area contributed by atoms with Crippen molar-refractivity contribution in [1.82, 2.24) is 15.5 Å². The minimum atomic E-state index is 0.838. The summed E-state index contributed by atoms with van der Waals surface area (Å²) in [7, 11) is 1.85. The molecular formula is C20H32N4. The maximum atomic E-state index is 4.34. The minimum Gasteiger partial charge on any atom is -0.356 e. The molecule has 1 aliphatic carbocycles. The fourth-order valence-electron chi connectivity index (χ4n) is 3.31.